The van der Waals surface area contributed by atoms with Crippen molar-refractivity contribution in [2.24, 2.45) is 0 Å². The highest BCUT2D eigenvalue weighted by Crippen LogP contribution is 2.15. The largest absolute Gasteiger partial charge is 0.447 e. The van der Waals surface area contributed by atoms with Crippen molar-refractivity contribution in [2.75, 3.05) is 17.2 Å². The number of amides is 1. The lowest BCUT2D eigenvalue weighted by molar-refractivity contribution is 0.129. The van der Waals surface area contributed by atoms with Crippen LogP contribution in [0.4, 0.5) is 16.6 Å². The van der Waals surface area contributed by atoms with Crippen molar-refractivity contribution in [1.29, 1.82) is 0 Å². The van der Waals surface area contributed by atoms with E-state index >= 15 is 0 Å². The van der Waals surface area contributed by atoms with Crippen LogP contribution in [0.3, 0.4) is 0 Å². The summed E-state index contributed by atoms with van der Waals surface area (Å²) in [6, 6.07) is 8.39. The second kappa shape index (κ2) is 7.81. The first-order chi connectivity index (χ1) is 12.5. The van der Waals surface area contributed by atoms with Gasteiger partial charge in [-0.3, -0.25) is 9.72 Å². The molecule has 0 saturated carbocycles. The number of hydrogen-bond acceptors (Lipinski definition) is 6. The number of aromatic nitrogens is 4. The number of nitrogens with zero attached hydrogens (tertiary/aromatic N) is 4. The molecule has 0 saturated heterocycles. The van der Waals surface area contributed by atoms with Gasteiger partial charge in [0.2, 0.25) is 11.6 Å². The predicted octanol–water partition coefficient (Wildman–Crippen LogP) is 3.04. The summed E-state index contributed by atoms with van der Waals surface area (Å²) in [5.41, 5.74) is 3.03. The molecule has 26 heavy (non-hydrogen) atoms. The molecule has 3 rings (SSSR count). The van der Waals surface area contributed by atoms with Crippen LogP contribution in [0.1, 0.15) is 25.0 Å². The number of hydrogen-bond donors (Lipinski definition) is 2. The Hall–Kier alpha value is -3.16. The molecule has 0 fully saturated rings. The molecule has 1 amide bonds. The molecule has 8 heteroatoms. The van der Waals surface area contributed by atoms with Gasteiger partial charge in [-0.2, -0.15) is 0 Å². The molecule has 0 spiro atoms. The zero-order chi connectivity index (χ0) is 18.5. The van der Waals surface area contributed by atoms with Crippen LogP contribution in [-0.4, -0.2) is 38.3 Å². The number of aryl methyl sites for hydroxylation is 1. The van der Waals surface area contributed by atoms with Crippen LogP contribution in [0.25, 0.3) is 5.65 Å². The molecule has 0 radical (unpaired) electrons. The number of anilines is 2. The number of ether oxygens (including phenoxy) is 1. The van der Waals surface area contributed by atoms with Crippen molar-refractivity contribution in [3.63, 3.8) is 0 Å². The predicted molar refractivity (Wildman–Crippen MR) is 99.4 cm³/mol. The van der Waals surface area contributed by atoms with Crippen molar-refractivity contribution >= 4 is 23.5 Å². The van der Waals surface area contributed by atoms with Crippen LogP contribution in [0.2, 0.25) is 0 Å². The highest BCUT2D eigenvalue weighted by molar-refractivity contribution is 5.83. The molecule has 136 valence electrons. The van der Waals surface area contributed by atoms with Gasteiger partial charge in [-0.1, -0.05) is 29.8 Å². The van der Waals surface area contributed by atoms with E-state index in [1.54, 1.807) is 30.6 Å². The lowest BCUT2D eigenvalue weighted by Crippen LogP contribution is -2.19. The smallest absolute Gasteiger partial charge is 0.414 e. The molecular weight excluding hydrogens is 332 g/mol. The quantitative estimate of drug-likeness (QED) is 0.707. The van der Waals surface area contributed by atoms with Gasteiger partial charge in [-0.15, -0.1) is 10.2 Å². The lowest BCUT2D eigenvalue weighted by Gasteiger charge is -2.09. The fourth-order valence-corrected chi connectivity index (χ4v) is 2.56. The van der Waals surface area contributed by atoms with E-state index in [2.05, 4.69) is 57.0 Å². The van der Waals surface area contributed by atoms with E-state index < -0.39 is 6.09 Å². The van der Waals surface area contributed by atoms with Crippen LogP contribution in [0, 0.1) is 6.92 Å². The van der Waals surface area contributed by atoms with E-state index in [9.17, 15) is 4.79 Å². The van der Waals surface area contributed by atoms with Gasteiger partial charge >= 0.3 is 6.09 Å². The number of carbonyl (C=O) groups excluding carboxylic acids is 1. The molecule has 8 nitrogen and oxygen atoms in total. The molecule has 2 aromatic heterocycles. The van der Waals surface area contributed by atoms with Crippen LogP contribution >= 0.6 is 0 Å². The Bertz CT molecular complexity index is 906. The van der Waals surface area contributed by atoms with Crippen molar-refractivity contribution < 1.29 is 9.53 Å². The van der Waals surface area contributed by atoms with E-state index in [4.69, 9.17) is 4.74 Å². The molecule has 0 bridgehead atoms. The molecule has 2 heterocycles. The lowest BCUT2D eigenvalue weighted by atomic mass is 10.1. The number of rotatable bonds is 6. The third-order valence-electron chi connectivity index (χ3n) is 3.67. The summed E-state index contributed by atoms with van der Waals surface area (Å²) in [7, 11) is 0. The van der Waals surface area contributed by atoms with Crippen molar-refractivity contribution in [1.82, 2.24) is 19.6 Å². The normalized spacial score (nSPS) is 10.9. The molecule has 0 unspecified atom stereocenters. The highest BCUT2D eigenvalue weighted by atomic mass is 16.6. The molecule has 0 aliphatic rings. The SMILES string of the molecule is Cc1cccc(CCNc2nccn3c(NC(=O)OC(C)C)nnc23)c1. The Morgan fingerprint density at radius 2 is 2.15 bits per heavy atom. The fraction of sp³-hybridized carbons (Fsp3) is 0.333. The standard InChI is InChI=1S/C18H22N6O2/c1-12(2)26-18(25)21-17-23-22-16-15(20-9-10-24(16)17)19-8-7-14-6-4-5-13(3)11-14/h4-6,9-12H,7-8H2,1-3H3,(H,19,20)(H,21,23,25). The summed E-state index contributed by atoms with van der Waals surface area (Å²) in [6.07, 6.45) is 3.40. The van der Waals surface area contributed by atoms with E-state index in [1.807, 2.05) is 0 Å². The third kappa shape index (κ3) is 4.27. The van der Waals surface area contributed by atoms with E-state index in [1.165, 1.54) is 11.1 Å². The minimum absolute atomic E-state index is 0.213. The average molecular weight is 354 g/mol. The van der Waals surface area contributed by atoms with Crippen LogP contribution in [-0.2, 0) is 11.2 Å². The molecule has 2 N–H and O–H groups in total. The maximum Gasteiger partial charge on any atom is 0.414 e. The minimum atomic E-state index is -0.569. The molecule has 1 aromatic carbocycles. The second-order valence-corrected chi connectivity index (χ2v) is 6.24. The molecule has 3 aromatic rings. The van der Waals surface area contributed by atoms with E-state index in [-0.39, 0.29) is 12.1 Å². The topological polar surface area (TPSA) is 93.4 Å². The second-order valence-electron chi connectivity index (χ2n) is 6.24. The Morgan fingerprint density at radius 1 is 1.31 bits per heavy atom. The summed E-state index contributed by atoms with van der Waals surface area (Å²) < 4.78 is 6.72. The highest BCUT2D eigenvalue weighted by Gasteiger charge is 2.14. The van der Waals surface area contributed by atoms with Gasteiger partial charge in [-0.25, -0.2) is 9.78 Å². The van der Waals surface area contributed by atoms with Crippen LogP contribution < -0.4 is 10.6 Å². The van der Waals surface area contributed by atoms with Gasteiger partial charge in [-0.05, 0) is 32.8 Å². The first-order valence-corrected chi connectivity index (χ1v) is 8.49. The summed E-state index contributed by atoms with van der Waals surface area (Å²) in [5.74, 6) is 0.896. The van der Waals surface area contributed by atoms with Gasteiger partial charge in [0, 0.05) is 18.9 Å². The van der Waals surface area contributed by atoms with Gasteiger partial charge in [0.25, 0.3) is 0 Å². The minimum Gasteiger partial charge on any atom is -0.447 e. The Balaban J connectivity index is 1.69. The third-order valence-corrected chi connectivity index (χ3v) is 3.67. The van der Waals surface area contributed by atoms with Gasteiger partial charge in [0.05, 0.1) is 6.10 Å². The first kappa shape index (κ1) is 17.7. The van der Waals surface area contributed by atoms with Crippen LogP contribution in [0.15, 0.2) is 36.7 Å². The van der Waals surface area contributed by atoms with Crippen molar-refractivity contribution in [2.45, 2.75) is 33.3 Å². The Morgan fingerprint density at radius 3 is 2.92 bits per heavy atom. The van der Waals surface area contributed by atoms with Crippen LogP contribution in [0.5, 0.6) is 0 Å². The number of benzene rings is 1. The molecule has 0 aliphatic carbocycles. The number of fused-ring (bicyclic) bond motifs is 1. The van der Waals surface area contributed by atoms with Crippen molar-refractivity contribution in [3.05, 3.63) is 47.8 Å². The maximum absolute atomic E-state index is 11.8. The maximum atomic E-state index is 11.8. The monoisotopic (exact) mass is 354 g/mol. The number of nitrogens with one attached hydrogen (secondary N) is 2. The Kier molecular flexibility index (Phi) is 5.31. The zero-order valence-corrected chi connectivity index (χ0v) is 15.1. The molecule has 0 atom stereocenters. The summed E-state index contributed by atoms with van der Waals surface area (Å²) in [6.45, 7) is 6.35. The summed E-state index contributed by atoms with van der Waals surface area (Å²) >= 11 is 0. The van der Waals surface area contributed by atoms with E-state index in [0.717, 1.165) is 6.42 Å². The van der Waals surface area contributed by atoms with Gasteiger partial charge in [0.15, 0.2) is 5.82 Å². The van der Waals surface area contributed by atoms with Gasteiger partial charge in [0.1, 0.15) is 0 Å². The summed E-state index contributed by atoms with van der Waals surface area (Å²) in [5, 5.41) is 14.0. The number of carbonyl (C=O) groups is 1. The molecular formula is C18H22N6O2. The Labute approximate surface area is 151 Å². The summed E-state index contributed by atoms with van der Waals surface area (Å²) in [4.78, 5) is 16.1. The van der Waals surface area contributed by atoms with Gasteiger partial charge < -0.3 is 10.1 Å². The van der Waals surface area contributed by atoms with E-state index in [0.29, 0.717) is 18.0 Å². The first-order valence-electron chi connectivity index (χ1n) is 8.49. The molecule has 0 aliphatic heterocycles. The van der Waals surface area contributed by atoms with Crippen molar-refractivity contribution in [3.8, 4) is 0 Å². The fourth-order valence-electron chi connectivity index (χ4n) is 2.56. The zero-order valence-electron chi connectivity index (χ0n) is 15.1. The average Bonchev–Trinajstić information content (AvgIpc) is 2.98.